The summed E-state index contributed by atoms with van der Waals surface area (Å²) in [6, 6.07) is 0. The summed E-state index contributed by atoms with van der Waals surface area (Å²) in [5, 5.41) is 0. The van der Waals surface area contributed by atoms with Gasteiger partial charge in [0.05, 0.1) is 0 Å². The van der Waals surface area contributed by atoms with E-state index in [-0.39, 0.29) is 5.56 Å². The Hall–Kier alpha value is -1.82. The molecule has 0 saturated carbocycles. The van der Waals surface area contributed by atoms with Crippen LogP contribution in [0.4, 0.5) is 0 Å². The van der Waals surface area contributed by atoms with Crippen LogP contribution in [-0.4, -0.2) is 19.5 Å². The molecule has 2 heterocycles. The van der Waals surface area contributed by atoms with Crippen LogP contribution in [0.25, 0.3) is 0 Å². The Morgan fingerprint density at radius 2 is 2.05 bits per heavy atom. The highest BCUT2D eigenvalue weighted by molar-refractivity contribution is 7.71. The Morgan fingerprint density at radius 1 is 1.37 bits per heavy atom. The molecule has 6 heteroatoms. The maximum Gasteiger partial charge on any atom is 0.255 e. The maximum absolute atomic E-state index is 11.9. The van der Waals surface area contributed by atoms with Crippen molar-refractivity contribution in [3.05, 3.63) is 51.2 Å². The summed E-state index contributed by atoms with van der Waals surface area (Å²) in [7, 11) is 0. The van der Waals surface area contributed by atoms with E-state index in [1.54, 1.807) is 12.4 Å². The van der Waals surface area contributed by atoms with Gasteiger partial charge in [0.2, 0.25) is 0 Å². The molecular formula is C13H16N4OS. The lowest BCUT2D eigenvalue weighted by atomic mass is 10.1. The molecule has 100 valence electrons. The first-order valence-electron chi connectivity index (χ1n) is 6.13. The number of H-pyrrole nitrogens is 1. The third-order valence-electron chi connectivity index (χ3n) is 2.66. The minimum Gasteiger partial charge on any atom is -0.325 e. The van der Waals surface area contributed by atoms with Crippen LogP contribution in [0.3, 0.4) is 0 Å². The van der Waals surface area contributed by atoms with Crippen molar-refractivity contribution in [1.29, 1.82) is 0 Å². The fraction of sp³-hybridized carbons (Fsp3) is 0.385. The fourth-order valence-corrected chi connectivity index (χ4v) is 2.07. The van der Waals surface area contributed by atoms with Gasteiger partial charge in [-0.25, -0.2) is 9.97 Å². The van der Waals surface area contributed by atoms with E-state index in [0.717, 1.165) is 12.1 Å². The molecule has 0 radical (unpaired) electrons. The zero-order chi connectivity index (χ0) is 13.8. The van der Waals surface area contributed by atoms with Gasteiger partial charge in [0, 0.05) is 37.1 Å². The summed E-state index contributed by atoms with van der Waals surface area (Å²) in [6.45, 7) is 5.00. The quantitative estimate of drug-likeness (QED) is 0.867. The van der Waals surface area contributed by atoms with Crippen molar-refractivity contribution in [2.45, 2.75) is 26.8 Å². The highest BCUT2D eigenvalue weighted by atomic mass is 32.1. The summed E-state index contributed by atoms with van der Waals surface area (Å²) in [5.41, 5.74) is 1.43. The molecular weight excluding hydrogens is 260 g/mol. The van der Waals surface area contributed by atoms with Crippen molar-refractivity contribution in [3.63, 3.8) is 0 Å². The summed E-state index contributed by atoms with van der Waals surface area (Å²) in [6.07, 6.45) is 7.22. The minimum atomic E-state index is -0.145. The second-order valence-corrected chi connectivity index (χ2v) is 5.27. The van der Waals surface area contributed by atoms with Crippen LogP contribution in [0.15, 0.2) is 29.7 Å². The van der Waals surface area contributed by atoms with Crippen molar-refractivity contribution in [3.8, 4) is 0 Å². The Morgan fingerprint density at radius 3 is 2.68 bits per heavy atom. The van der Waals surface area contributed by atoms with Crippen molar-refractivity contribution in [2.75, 3.05) is 0 Å². The molecule has 0 saturated heterocycles. The number of hydrogen-bond acceptors (Lipinski definition) is 4. The summed E-state index contributed by atoms with van der Waals surface area (Å²) in [4.78, 5) is 22.5. The zero-order valence-electron chi connectivity index (χ0n) is 11.0. The van der Waals surface area contributed by atoms with Crippen LogP contribution in [0, 0.1) is 10.7 Å². The van der Waals surface area contributed by atoms with Crippen LogP contribution in [-0.2, 0) is 13.0 Å². The minimum absolute atomic E-state index is 0.145. The van der Waals surface area contributed by atoms with Gasteiger partial charge in [-0.1, -0.05) is 13.8 Å². The van der Waals surface area contributed by atoms with E-state index in [2.05, 4.69) is 28.8 Å². The molecule has 0 spiro atoms. The van der Waals surface area contributed by atoms with Gasteiger partial charge in [0.15, 0.2) is 4.77 Å². The number of hydrogen-bond donors (Lipinski definition) is 1. The highest BCUT2D eigenvalue weighted by Gasteiger charge is 2.06. The normalized spacial score (nSPS) is 10.9. The van der Waals surface area contributed by atoms with Gasteiger partial charge in [-0.15, -0.1) is 0 Å². The van der Waals surface area contributed by atoms with E-state index in [1.165, 1.54) is 6.33 Å². The van der Waals surface area contributed by atoms with E-state index in [9.17, 15) is 4.79 Å². The maximum atomic E-state index is 11.9. The van der Waals surface area contributed by atoms with E-state index < -0.39 is 0 Å². The van der Waals surface area contributed by atoms with Crippen LogP contribution in [0.5, 0.6) is 0 Å². The van der Waals surface area contributed by atoms with Crippen LogP contribution in [0.1, 0.15) is 25.0 Å². The molecule has 0 bridgehead atoms. The first-order valence-corrected chi connectivity index (χ1v) is 6.53. The molecule has 0 unspecified atom stereocenters. The molecule has 0 aliphatic rings. The Kier molecular flexibility index (Phi) is 4.21. The molecule has 19 heavy (non-hydrogen) atoms. The third kappa shape index (κ3) is 3.57. The topological polar surface area (TPSA) is 63.6 Å². The average molecular weight is 276 g/mol. The highest BCUT2D eigenvalue weighted by Crippen LogP contribution is 2.05. The number of aromatic amines is 1. The zero-order valence-corrected chi connectivity index (χ0v) is 11.8. The first kappa shape index (κ1) is 13.6. The predicted molar refractivity (Wildman–Crippen MR) is 75.6 cm³/mol. The van der Waals surface area contributed by atoms with Gasteiger partial charge in [-0.2, -0.15) is 0 Å². The van der Waals surface area contributed by atoms with Crippen molar-refractivity contribution >= 4 is 12.2 Å². The Bertz CT molecular complexity index is 660. The monoisotopic (exact) mass is 276 g/mol. The lowest BCUT2D eigenvalue weighted by Gasteiger charge is -2.11. The molecule has 1 N–H and O–H groups in total. The van der Waals surface area contributed by atoms with Gasteiger partial charge in [0.1, 0.15) is 6.33 Å². The predicted octanol–water partition coefficient (Wildman–Crippen LogP) is 1.94. The molecule has 2 aromatic rings. The van der Waals surface area contributed by atoms with Gasteiger partial charge >= 0.3 is 0 Å². The van der Waals surface area contributed by atoms with Crippen LogP contribution in [0.2, 0.25) is 0 Å². The number of aromatic nitrogens is 4. The lowest BCUT2D eigenvalue weighted by Crippen LogP contribution is -2.19. The molecule has 0 amide bonds. The molecule has 0 aliphatic carbocycles. The number of nitrogens with zero attached hydrogens (tertiary/aromatic N) is 3. The largest absolute Gasteiger partial charge is 0.325 e. The number of nitrogens with one attached hydrogen (secondary N) is 1. The SMILES string of the molecule is CC(C)Cn1cc(Cc2cncnc2)c(=O)[nH]c1=S. The van der Waals surface area contributed by atoms with Crippen molar-refractivity contribution < 1.29 is 0 Å². The number of rotatable bonds is 4. The van der Waals surface area contributed by atoms with E-state index in [4.69, 9.17) is 12.2 Å². The van der Waals surface area contributed by atoms with E-state index >= 15 is 0 Å². The van der Waals surface area contributed by atoms with E-state index in [0.29, 0.717) is 22.7 Å². The Balaban J connectivity index is 2.35. The molecule has 2 rings (SSSR count). The molecule has 5 nitrogen and oxygen atoms in total. The molecule has 2 aromatic heterocycles. The molecule has 0 fully saturated rings. The van der Waals surface area contributed by atoms with Crippen LogP contribution >= 0.6 is 12.2 Å². The second-order valence-electron chi connectivity index (χ2n) is 4.88. The lowest BCUT2D eigenvalue weighted by molar-refractivity contribution is 0.507. The molecule has 0 aromatic carbocycles. The van der Waals surface area contributed by atoms with Crippen molar-refractivity contribution in [2.24, 2.45) is 5.92 Å². The summed E-state index contributed by atoms with van der Waals surface area (Å²) in [5.74, 6) is 0.463. The third-order valence-corrected chi connectivity index (χ3v) is 2.99. The van der Waals surface area contributed by atoms with Gasteiger partial charge < -0.3 is 4.57 Å². The van der Waals surface area contributed by atoms with Gasteiger partial charge in [-0.05, 0) is 23.7 Å². The summed E-state index contributed by atoms with van der Waals surface area (Å²) < 4.78 is 2.37. The molecule has 0 atom stereocenters. The molecule has 0 aliphatic heterocycles. The van der Waals surface area contributed by atoms with Gasteiger partial charge in [-0.3, -0.25) is 9.78 Å². The van der Waals surface area contributed by atoms with Crippen LogP contribution < -0.4 is 5.56 Å². The Labute approximate surface area is 116 Å². The summed E-state index contributed by atoms with van der Waals surface area (Å²) >= 11 is 5.16. The first-order chi connectivity index (χ1) is 9.06. The standard InChI is InChI=1S/C13H16N4OS/c1-9(2)6-17-7-11(12(18)16-13(17)19)3-10-4-14-8-15-5-10/h4-5,7-9H,3,6H2,1-2H3,(H,16,18,19). The smallest absolute Gasteiger partial charge is 0.255 e. The fourth-order valence-electron chi connectivity index (χ4n) is 1.85. The van der Waals surface area contributed by atoms with Crippen molar-refractivity contribution in [1.82, 2.24) is 19.5 Å². The second kappa shape index (κ2) is 5.88. The van der Waals surface area contributed by atoms with Gasteiger partial charge in [0.25, 0.3) is 5.56 Å². The average Bonchev–Trinajstić information content (AvgIpc) is 2.36. The van der Waals surface area contributed by atoms with E-state index in [1.807, 2.05) is 10.8 Å².